The van der Waals surface area contributed by atoms with Crippen molar-refractivity contribution in [1.82, 2.24) is 4.57 Å². The van der Waals surface area contributed by atoms with E-state index in [-0.39, 0.29) is 5.43 Å². The van der Waals surface area contributed by atoms with Crippen LogP contribution in [0.15, 0.2) is 89.7 Å². The highest BCUT2D eigenvalue weighted by molar-refractivity contribution is 5.88. The summed E-state index contributed by atoms with van der Waals surface area (Å²) in [5, 5.41) is 0.616. The van der Waals surface area contributed by atoms with Crippen molar-refractivity contribution >= 4 is 10.9 Å². The lowest BCUT2D eigenvalue weighted by Crippen LogP contribution is -2.13. The zero-order chi connectivity index (χ0) is 17.9. The summed E-state index contributed by atoms with van der Waals surface area (Å²) in [5.41, 5.74) is 3.95. The van der Waals surface area contributed by atoms with Crippen molar-refractivity contribution in [3.05, 3.63) is 101 Å². The van der Waals surface area contributed by atoms with Gasteiger partial charge < -0.3 is 9.30 Å². The van der Waals surface area contributed by atoms with E-state index in [1.807, 2.05) is 66.7 Å². The van der Waals surface area contributed by atoms with E-state index in [0.29, 0.717) is 17.7 Å². The van der Waals surface area contributed by atoms with E-state index >= 15 is 0 Å². The summed E-state index contributed by atoms with van der Waals surface area (Å²) in [6, 6.07) is 27.7. The van der Waals surface area contributed by atoms with Gasteiger partial charge in [-0.2, -0.15) is 0 Å². The van der Waals surface area contributed by atoms with Crippen molar-refractivity contribution in [2.75, 3.05) is 7.11 Å². The van der Waals surface area contributed by atoms with Crippen LogP contribution in [-0.4, -0.2) is 11.7 Å². The van der Waals surface area contributed by atoms with Gasteiger partial charge >= 0.3 is 0 Å². The maximum Gasteiger partial charge on any atom is 0.193 e. The molecule has 1 aromatic heterocycles. The van der Waals surface area contributed by atoms with E-state index < -0.39 is 0 Å². The fraction of sp³-hybridized carbons (Fsp3) is 0.0870. The summed E-state index contributed by atoms with van der Waals surface area (Å²) in [4.78, 5) is 12.9. The molecule has 4 aromatic rings. The van der Waals surface area contributed by atoms with Gasteiger partial charge in [0.15, 0.2) is 5.43 Å². The number of nitrogens with zero attached hydrogens (tertiary/aromatic N) is 1. The number of benzene rings is 3. The third-order valence-electron chi connectivity index (χ3n) is 4.57. The zero-order valence-electron chi connectivity index (χ0n) is 14.6. The second-order valence-electron chi connectivity index (χ2n) is 6.19. The van der Waals surface area contributed by atoms with Crippen molar-refractivity contribution in [2.45, 2.75) is 6.54 Å². The van der Waals surface area contributed by atoms with Crippen LogP contribution in [0, 0.1) is 0 Å². The van der Waals surface area contributed by atoms with Crippen LogP contribution in [-0.2, 0) is 6.54 Å². The molecule has 3 aromatic carbocycles. The Morgan fingerprint density at radius 3 is 2.23 bits per heavy atom. The molecule has 0 saturated carbocycles. The highest BCUT2D eigenvalue weighted by Crippen LogP contribution is 2.28. The molecular weight excluding hydrogens is 322 g/mol. The fourth-order valence-electron chi connectivity index (χ4n) is 3.35. The molecule has 4 rings (SSSR count). The molecule has 0 spiro atoms. The highest BCUT2D eigenvalue weighted by Gasteiger charge is 2.14. The maximum absolute atomic E-state index is 12.9. The van der Waals surface area contributed by atoms with Crippen LogP contribution in [0.25, 0.3) is 22.2 Å². The van der Waals surface area contributed by atoms with Crippen LogP contribution in [0.1, 0.15) is 5.56 Å². The maximum atomic E-state index is 12.9. The molecule has 0 bridgehead atoms. The number of ether oxygens (including phenoxy) is 1. The number of fused-ring (bicyclic) bond motifs is 1. The molecule has 0 amide bonds. The van der Waals surface area contributed by atoms with Crippen LogP contribution >= 0.6 is 0 Å². The number of aromatic nitrogens is 1. The van der Waals surface area contributed by atoms with Crippen molar-refractivity contribution in [3.63, 3.8) is 0 Å². The van der Waals surface area contributed by atoms with Crippen molar-refractivity contribution in [2.24, 2.45) is 0 Å². The summed E-state index contributed by atoms with van der Waals surface area (Å²) in [6.45, 7) is 0.676. The Bertz CT molecular complexity index is 1100. The third kappa shape index (κ3) is 2.88. The first-order valence-corrected chi connectivity index (χ1v) is 8.58. The standard InChI is InChI=1S/C23H19NO2/c1-26-22-14-8-13-19-23(22)21(25)15-20(18-11-6-3-7-12-18)24(19)16-17-9-4-2-5-10-17/h2-15H,16H2,1H3. The van der Waals surface area contributed by atoms with E-state index in [2.05, 4.69) is 16.7 Å². The first-order chi connectivity index (χ1) is 12.8. The molecule has 0 fully saturated rings. The predicted molar refractivity (Wildman–Crippen MR) is 106 cm³/mol. The van der Waals surface area contributed by atoms with Gasteiger partial charge in [-0.15, -0.1) is 0 Å². The Morgan fingerprint density at radius 1 is 0.846 bits per heavy atom. The molecule has 3 nitrogen and oxygen atoms in total. The van der Waals surface area contributed by atoms with Gasteiger partial charge in [-0.25, -0.2) is 0 Å². The van der Waals surface area contributed by atoms with E-state index in [0.717, 1.165) is 16.8 Å². The molecule has 26 heavy (non-hydrogen) atoms. The van der Waals surface area contributed by atoms with Crippen molar-refractivity contribution in [1.29, 1.82) is 0 Å². The second kappa shape index (κ2) is 6.89. The van der Waals surface area contributed by atoms with Crippen LogP contribution < -0.4 is 10.2 Å². The van der Waals surface area contributed by atoms with E-state index in [9.17, 15) is 4.79 Å². The molecule has 0 atom stereocenters. The Balaban J connectivity index is 2.04. The minimum Gasteiger partial charge on any atom is -0.496 e. The normalized spacial score (nSPS) is 10.8. The van der Waals surface area contributed by atoms with Gasteiger partial charge in [-0.3, -0.25) is 4.79 Å². The average Bonchev–Trinajstić information content (AvgIpc) is 2.71. The van der Waals surface area contributed by atoms with Gasteiger partial charge in [0.25, 0.3) is 0 Å². The zero-order valence-corrected chi connectivity index (χ0v) is 14.6. The minimum atomic E-state index is -0.0272. The van der Waals surface area contributed by atoms with Gasteiger partial charge in [-0.1, -0.05) is 66.7 Å². The minimum absolute atomic E-state index is 0.0272. The number of hydrogen-bond acceptors (Lipinski definition) is 2. The van der Waals surface area contributed by atoms with Crippen LogP contribution in [0.5, 0.6) is 5.75 Å². The molecule has 0 aliphatic carbocycles. The number of pyridine rings is 1. The third-order valence-corrected chi connectivity index (χ3v) is 4.57. The number of hydrogen-bond donors (Lipinski definition) is 0. The monoisotopic (exact) mass is 341 g/mol. The quantitative estimate of drug-likeness (QED) is 0.537. The topological polar surface area (TPSA) is 31.2 Å². The predicted octanol–water partition coefficient (Wildman–Crippen LogP) is 4.73. The first-order valence-electron chi connectivity index (χ1n) is 8.58. The molecule has 0 aliphatic rings. The lowest BCUT2D eigenvalue weighted by atomic mass is 10.1. The summed E-state index contributed by atoms with van der Waals surface area (Å²) in [5.74, 6) is 0.605. The average molecular weight is 341 g/mol. The van der Waals surface area contributed by atoms with Crippen molar-refractivity contribution in [3.8, 4) is 17.0 Å². The molecule has 3 heteroatoms. The van der Waals surface area contributed by atoms with Gasteiger partial charge in [0.05, 0.1) is 23.7 Å². The SMILES string of the molecule is COc1cccc2c1c(=O)cc(-c1ccccc1)n2Cc1ccccc1. The molecule has 0 aliphatic heterocycles. The smallest absolute Gasteiger partial charge is 0.193 e. The van der Waals surface area contributed by atoms with Crippen molar-refractivity contribution < 1.29 is 4.74 Å². The van der Waals surface area contributed by atoms with Crippen LogP contribution in [0.2, 0.25) is 0 Å². The summed E-state index contributed by atoms with van der Waals surface area (Å²) in [6.07, 6.45) is 0. The Hall–Kier alpha value is -3.33. The second-order valence-corrected chi connectivity index (χ2v) is 6.19. The first kappa shape index (κ1) is 16.2. The molecule has 0 unspecified atom stereocenters. The fourth-order valence-corrected chi connectivity index (χ4v) is 3.35. The Kier molecular flexibility index (Phi) is 4.28. The molecule has 0 saturated heterocycles. The molecule has 0 radical (unpaired) electrons. The van der Waals surface area contributed by atoms with E-state index in [1.165, 1.54) is 5.56 Å². The highest BCUT2D eigenvalue weighted by atomic mass is 16.5. The van der Waals surface area contributed by atoms with Gasteiger partial charge in [0.1, 0.15) is 5.75 Å². The lowest BCUT2D eigenvalue weighted by Gasteiger charge is -2.18. The summed E-state index contributed by atoms with van der Waals surface area (Å²) < 4.78 is 7.63. The molecular formula is C23H19NO2. The lowest BCUT2D eigenvalue weighted by molar-refractivity contribution is 0.419. The summed E-state index contributed by atoms with van der Waals surface area (Å²) >= 11 is 0. The molecule has 128 valence electrons. The molecule has 1 heterocycles. The van der Waals surface area contributed by atoms with Crippen LogP contribution in [0.3, 0.4) is 0 Å². The van der Waals surface area contributed by atoms with Crippen LogP contribution in [0.4, 0.5) is 0 Å². The van der Waals surface area contributed by atoms with E-state index in [4.69, 9.17) is 4.74 Å². The number of rotatable bonds is 4. The van der Waals surface area contributed by atoms with E-state index in [1.54, 1.807) is 13.2 Å². The molecule has 0 N–H and O–H groups in total. The Labute approximate surface area is 152 Å². The summed E-state index contributed by atoms with van der Waals surface area (Å²) in [7, 11) is 1.60. The number of methoxy groups -OCH3 is 1. The largest absolute Gasteiger partial charge is 0.496 e. The van der Waals surface area contributed by atoms with Gasteiger partial charge in [0, 0.05) is 12.6 Å². The van der Waals surface area contributed by atoms with Gasteiger partial charge in [0.2, 0.25) is 0 Å². The Morgan fingerprint density at radius 2 is 1.54 bits per heavy atom. The van der Waals surface area contributed by atoms with Gasteiger partial charge in [-0.05, 0) is 23.3 Å².